The average Bonchev–Trinajstić information content (AvgIpc) is 3.78. The Morgan fingerprint density at radius 2 is 1.88 bits per heavy atom. The molecule has 1 aromatic heterocycles. The van der Waals surface area contributed by atoms with Crippen LogP contribution in [0.2, 0.25) is 10.0 Å². The summed E-state index contributed by atoms with van der Waals surface area (Å²) >= 11 is 13.2. The van der Waals surface area contributed by atoms with Gasteiger partial charge in [-0.25, -0.2) is 0 Å². The van der Waals surface area contributed by atoms with Gasteiger partial charge < -0.3 is 14.6 Å². The summed E-state index contributed by atoms with van der Waals surface area (Å²) in [5.74, 6) is 0.888. The van der Waals surface area contributed by atoms with Gasteiger partial charge >= 0.3 is 0 Å². The minimum Gasteiger partial charge on any atom is -0.490 e. The largest absolute Gasteiger partial charge is 0.490 e. The van der Waals surface area contributed by atoms with Gasteiger partial charge in [-0.15, -0.1) is 0 Å². The molecule has 1 heterocycles. The number of aromatic nitrogens is 1. The lowest BCUT2D eigenvalue weighted by Crippen LogP contribution is -2.14. The highest BCUT2D eigenvalue weighted by Gasteiger charge is 2.47. The summed E-state index contributed by atoms with van der Waals surface area (Å²) in [6, 6.07) is 14.0. The predicted molar refractivity (Wildman–Crippen MR) is 136 cm³/mol. The van der Waals surface area contributed by atoms with Crippen LogP contribution in [-0.4, -0.2) is 22.8 Å². The highest BCUT2D eigenvalue weighted by molar-refractivity contribution is 6.34. The number of hydrogen-bond donors (Lipinski definition) is 1. The molecule has 2 fully saturated rings. The lowest BCUT2D eigenvalue weighted by molar-refractivity contribution is 0.0174. The number of halogens is 2. The van der Waals surface area contributed by atoms with Crippen molar-refractivity contribution in [3.8, 4) is 16.9 Å². The van der Waals surface area contributed by atoms with E-state index < -0.39 is 5.60 Å². The monoisotopic (exact) mass is 497 g/mol. The fourth-order valence-electron chi connectivity index (χ4n) is 4.44. The van der Waals surface area contributed by atoms with Gasteiger partial charge in [0.15, 0.2) is 0 Å². The van der Waals surface area contributed by atoms with Gasteiger partial charge in [0.05, 0.1) is 18.3 Å². The zero-order valence-electron chi connectivity index (χ0n) is 19.3. The first-order valence-electron chi connectivity index (χ1n) is 12.0. The van der Waals surface area contributed by atoms with E-state index >= 15 is 0 Å². The van der Waals surface area contributed by atoms with Crippen LogP contribution >= 0.6 is 23.2 Å². The van der Waals surface area contributed by atoms with Gasteiger partial charge in [0, 0.05) is 46.1 Å². The van der Waals surface area contributed by atoms with Gasteiger partial charge in [-0.3, -0.25) is 4.98 Å². The second-order valence-corrected chi connectivity index (χ2v) is 10.1. The summed E-state index contributed by atoms with van der Waals surface area (Å²) in [5, 5.41) is 10.9. The van der Waals surface area contributed by atoms with E-state index in [1.807, 2.05) is 55.7 Å². The molecule has 6 heteroatoms. The van der Waals surface area contributed by atoms with Crippen LogP contribution in [0.5, 0.6) is 5.75 Å². The van der Waals surface area contributed by atoms with Crippen LogP contribution in [0.1, 0.15) is 61.6 Å². The Kier molecular flexibility index (Phi) is 6.85. The normalized spacial score (nSPS) is 17.4. The van der Waals surface area contributed by atoms with Gasteiger partial charge in [0.1, 0.15) is 5.75 Å². The average molecular weight is 498 g/mol. The van der Waals surface area contributed by atoms with Crippen molar-refractivity contribution >= 4 is 23.2 Å². The van der Waals surface area contributed by atoms with E-state index in [0.717, 1.165) is 65.7 Å². The van der Waals surface area contributed by atoms with Crippen molar-refractivity contribution in [1.82, 2.24) is 4.98 Å². The molecule has 4 nitrogen and oxygen atoms in total. The zero-order chi connectivity index (χ0) is 23.7. The van der Waals surface area contributed by atoms with E-state index in [-0.39, 0.29) is 12.5 Å². The molecule has 34 heavy (non-hydrogen) atoms. The van der Waals surface area contributed by atoms with Crippen LogP contribution in [0, 0.1) is 0 Å². The van der Waals surface area contributed by atoms with E-state index in [4.69, 9.17) is 32.7 Å². The number of benzene rings is 2. The summed E-state index contributed by atoms with van der Waals surface area (Å²) in [7, 11) is 0. The number of hydrogen-bond acceptors (Lipinski definition) is 4. The Balaban J connectivity index is 1.40. The van der Waals surface area contributed by atoms with Crippen molar-refractivity contribution in [3.05, 3.63) is 81.6 Å². The zero-order valence-corrected chi connectivity index (χ0v) is 20.8. The third-order valence-corrected chi connectivity index (χ3v) is 7.51. The maximum Gasteiger partial charge on any atom is 0.127 e. The fraction of sp³-hybridized carbons (Fsp3) is 0.393. The summed E-state index contributed by atoms with van der Waals surface area (Å²) in [6.07, 6.45) is 8.93. The molecular formula is C28H29Cl2NO3. The Labute approximate surface area is 210 Å². The standard InChI is InChI=1S/C28H29Cl2NO3/c1-2-18(16-32)23-14-25(29)19(13-26(23)30)17-33-28(10-11-28)24-15-31-12-9-21(24)22-5-3-4-6-27(22)34-20-7-8-20/h3-6,9,12-15,18,20,32H,2,7-8,10-11,16-17H2,1H3. The Morgan fingerprint density at radius 3 is 2.59 bits per heavy atom. The molecule has 0 aliphatic heterocycles. The molecule has 2 aromatic carbocycles. The lowest BCUT2D eigenvalue weighted by Gasteiger charge is -2.22. The topological polar surface area (TPSA) is 51.6 Å². The predicted octanol–water partition coefficient (Wildman–Crippen LogP) is 7.29. The Morgan fingerprint density at radius 1 is 1.09 bits per heavy atom. The van der Waals surface area contributed by atoms with Crippen molar-refractivity contribution in [2.45, 2.75) is 63.3 Å². The van der Waals surface area contributed by atoms with E-state index in [1.165, 1.54) is 0 Å². The van der Waals surface area contributed by atoms with Gasteiger partial charge in [-0.1, -0.05) is 48.3 Å². The molecule has 0 bridgehead atoms. The van der Waals surface area contributed by atoms with Gasteiger partial charge in [-0.05, 0) is 73.1 Å². The summed E-state index contributed by atoms with van der Waals surface area (Å²) in [5.41, 5.74) is 4.56. The molecule has 3 aromatic rings. The molecule has 0 amide bonds. The van der Waals surface area contributed by atoms with Crippen LogP contribution in [0.3, 0.4) is 0 Å². The fourth-order valence-corrected chi connectivity index (χ4v) is 5.01. The van der Waals surface area contributed by atoms with Crippen LogP contribution in [0.25, 0.3) is 11.1 Å². The van der Waals surface area contributed by atoms with E-state index in [9.17, 15) is 5.11 Å². The summed E-state index contributed by atoms with van der Waals surface area (Å²) < 4.78 is 12.7. The van der Waals surface area contributed by atoms with Crippen molar-refractivity contribution in [2.75, 3.05) is 6.61 Å². The lowest BCUT2D eigenvalue weighted by atomic mass is 9.95. The third kappa shape index (κ3) is 4.83. The van der Waals surface area contributed by atoms with Crippen LogP contribution in [-0.2, 0) is 16.9 Å². The van der Waals surface area contributed by atoms with E-state index in [1.54, 1.807) is 0 Å². The van der Waals surface area contributed by atoms with Crippen LogP contribution < -0.4 is 4.74 Å². The molecule has 0 saturated heterocycles. The van der Waals surface area contributed by atoms with E-state index in [0.29, 0.717) is 22.8 Å². The number of rotatable bonds is 10. The number of aliphatic hydroxyl groups excluding tert-OH is 1. The molecule has 2 aliphatic rings. The van der Waals surface area contributed by atoms with Gasteiger partial charge in [0.25, 0.3) is 0 Å². The van der Waals surface area contributed by atoms with Crippen LogP contribution in [0.4, 0.5) is 0 Å². The number of pyridine rings is 1. The minimum atomic E-state index is -0.401. The van der Waals surface area contributed by atoms with Crippen molar-refractivity contribution in [1.29, 1.82) is 0 Å². The molecule has 178 valence electrons. The molecule has 1 atom stereocenters. The summed E-state index contributed by atoms with van der Waals surface area (Å²) in [4.78, 5) is 4.42. The first-order valence-corrected chi connectivity index (χ1v) is 12.7. The molecule has 2 saturated carbocycles. The van der Waals surface area contributed by atoms with Gasteiger partial charge in [0.2, 0.25) is 0 Å². The number of nitrogens with zero attached hydrogens (tertiary/aromatic N) is 1. The molecule has 1 unspecified atom stereocenters. The van der Waals surface area contributed by atoms with Crippen molar-refractivity contribution < 1.29 is 14.6 Å². The maximum absolute atomic E-state index is 9.66. The van der Waals surface area contributed by atoms with Crippen molar-refractivity contribution in [3.63, 3.8) is 0 Å². The SMILES string of the molecule is CCC(CO)c1cc(Cl)c(COC2(c3cnccc3-c3ccccc3OC3CC3)CC2)cc1Cl. The number of aliphatic hydroxyl groups is 1. The molecule has 2 aliphatic carbocycles. The highest BCUT2D eigenvalue weighted by atomic mass is 35.5. The number of ether oxygens (including phenoxy) is 2. The summed E-state index contributed by atoms with van der Waals surface area (Å²) in [6.45, 7) is 2.42. The first kappa shape index (κ1) is 23.6. The van der Waals surface area contributed by atoms with Crippen LogP contribution in [0.15, 0.2) is 54.9 Å². The smallest absolute Gasteiger partial charge is 0.127 e. The molecule has 1 N–H and O–H groups in total. The third-order valence-electron chi connectivity index (χ3n) is 6.83. The van der Waals surface area contributed by atoms with Crippen molar-refractivity contribution in [2.24, 2.45) is 0 Å². The van der Waals surface area contributed by atoms with Gasteiger partial charge in [-0.2, -0.15) is 0 Å². The second kappa shape index (κ2) is 9.87. The molecular weight excluding hydrogens is 469 g/mol. The molecule has 0 radical (unpaired) electrons. The first-order chi connectivity index (χ1) is 16.5. The second-order valence-electron chi connectivity index (χ2n) is 9.27. The maximum atomic E-state index is 9.66. The Hall–Kier alpha value is -2.11. The number of para-hydroxylation sites is 1. The highest BCUT2D eigenvalue weighted by Crippen LogP contribution is 2.53. The Bertz CT molecular complexity index is 1170. The minimum absolute atomic E-state index is 0.0226. The molecule has 5 rings (SSSR count). The van der Waals surface area contributed by atoms with E-state index in [2.05, 4.69) is 11.1 Å². The molecule has 0 spiro atoms. The quantitative estimate of drug-likeness (QED) is 0.319.